The number of amides is 1. The van der Waals surface area contributed by atoms with Gasteiger partial charge in [0.05, 0.1) is 11.5 Å². The molecule has 0 spiro atoms. The van der Waals surface area contributed by atoms with Crippen LogP contribution in [-0.2, 0) is 4.79 Å². The summed E-state index contributed by atoms with van der Waals surface area (Å²) in [5.41, 5.74) is 1.45. The lowest BCUT2D eigenvalue weighted by atomic mass is 10.1. The van der Waals surface area contributed by atoms with Crippen LogP contribution in [0.15, 0.2) is 18.2 Å². The van der Waals surface area contributed by atoms with Gasteiger partial charge < -0.3 is 9.80 Å². The normalized spacial score (nSPS) is 18.6. The molecule has 7 nitrogen and oxygen atoms in total. The second-order valence-corrected chi connectivity index (χ2v) is 5.48. The molecular weight excluding hydrogens is 272 g/mol. The SMILES string of the molecule is Cc1ccc(C2NCC(=O)N2CCN(C)C)cc1[N+](=O)[O-]. The number of nitrogens with zero attached hydrogens (tertiary/aromatic N) is 3. The van der Waals surface area contributed by atoms with Gasteiger partial charge in [0.1, 0.15) is 6.17 Å². The zero-order valence-corrected chi connectivity index (χ0v) is 12.5. The molecule has 0 aromatic heterocycles. The third-order valence-electron chi connectivity index (χ3n) is 3.61. The molecule has 1 aromatic rings. The molecule has 1 atom stereocenters. The Morgan fingerprint density at radius 2 is 2.19 bits per heavy atom. The molecule has 2 rings (SSSR count). The average molecular weight is 292 g/mol. The fourth-order valence-electron chi connectivity index (χ4n) is 2.39. The van der Waals surface area contributed by atoms with Gasteiger partial charge in [-0.3, -0.25) is 20.2 Å². The van der Waals surface area contributed by atoms with Crippen LogP contribution in [0.2, 0.25) is 0 Å². The smallest absolute Gasteiger partial charge is 0.272 e. The Balaban J connectivity index is 2.25. The van der Waals surface area contributed by atoms with E-state index >= 15 is 0 Å². The minimum absolute atomic E-state index is 0.0186. The van der Waals surface area contributed by atoms with Crippen LogP contribution in [0.3, 0.4) is 0 Å². The van der Waals surface area contributed by atoms with E-state index in [0.29, 0.717) is 12.1 Å². The van der Waals surface area contributed by atoms with Crippen molar-refractivity contribution in [2.24, 2.45) is 0 Å². The summed E-state index contributed by atoms with van der Waals surface area (Å²) in [6.45, 7) is 3.31. The molecule has 21 heavy (non-hydrogen) atoms. The van der Waals surface area contributed by atoms with Gasteiger partial charge in [-0.25, -0.2) is 0 Å². The fourth-order valence-corrected chi connectivity index (χ4v) is 2.39. The molecule has 0 radical (unpaired) electrons. The summed E-state index contributed by atoms with van der Waals surface area (Å²) in [6, 6.07) is 5.11. The highest BCUT2D eigenvalue weighted by molar-refractivity contribution is 5.81. The second kappa shape index (κ2) is 6.19. The number of hydrogen-bond acceptors (Lipinski definition) is 5. The van der Waals surface area contributed by atoms with Crippen molar-refractivity contribution in [1.82, 2.24) is 15.1 Å². The number of nitro benzene ring substituents is 1. The molecule has 1 heterocycles. The van der Waals surface area contributed by atoms with Crippen LogP contribution in [-0.4, -0.2) is 54.4 Å². The van der Waals surface area contributed by atoms with Gasteiger partial charge in [0.2, 0.25) is 5.91 Å². The maximum atomic E-state index is 12.0. The van der Waals surface area contributed by atoms with Crippen molar-refractivity contribution in [2.75, 3.05) is 33.7 Å². The predicted octanol–water partition coefficient (Wildman–Crippen LogP) is 0.895. The van der Waals surface area contributed by atoms with Gasteiger partial charge in [0.25, 0.3) is 5.69 Å². The number of nitro groups is 1. The molecule has 1 saturated heterocycles. The third kappa shape index (κ3) is 3.37. The number of carbonyl (C=O) groups excluding carboxylic acids is 1. The highest BCUT2D eigenvalue weighted by Crippen LogP contribution is 2.27. The van der Waals surface area contributed by atoms with Crippen molar-refractivity contribution in [3.05, 3.63) is 39.4 Å². The Bertz CT molecular complexity index is 559. The first-order valence-electron chi connectivity index (χ1n) is 6.82. The number of aryl methyl sites for hydroxylation is 1. The quantitative estimate of drug-likeness (QED) is 0.644. The predicted molar refractivity (Wildman–Crippen MR) is 78.8 cm³/mol. The fraction of sp³-hybridized carbons (Fsp3) is 0.500. The average Bonchev–Trinajstić information content (AvgIpc) is 2.78. The Morgan fingerprint density at radius 3 is 2.81 bits per heavy atom. The minimum atomic E-state index is -0.389. The van der Waals surface area contributed by atoms with Crippen molar-refractivity contribution < 1.29 is 9.72 Å². The number of likely N-dealkylation sites (N-methyl/N-ethyl adjacent to an activating group) is 1. The van der Waals surface area contributed by atoms with Gasteiger partial charge in [0.15, 0.2) is 0 Å². The van der Waals surface area contributed by atoms with Gasteiger partial charge in [-0.05, 0) is 26.6 Å². The molecule has 1 aromatic carbocycles. The van der Waals surface area contributed by atoms with E-state index in [1.54, 1.807) is 24.0 Å². The topological polar surface area (TPSA) is 78.7 Å². The van der Waals surface area contributed by atoms with Crippen LogP contribution >= 0.6 is 0 Å². The Hall–Kier alpha value is -1.99. The van der Waals surface area contributed by atoms with E-state index in [9.17, 15) is 14.9 Å². The zero-order chi connectivity index (χ0) is 15.6. The van der Waals surface area contributed by atoms with E-state index in [2.05, 4.69) is 5.32 Å². The van der Waals surface area contributed by atoms with E-state index in [-0.39, 0.29) is 29.2 Å². The summed E-state index contributed by atoms with van der Waals surface area (Å²) in [6.07, 6.45) is -0.295. The molecule has 1 N–H and O–H groups in total. The number of benzene rings is 1. The number of nitrogens with one attached hydrogen (secondary N) is 1. The lowest BCUT2D eigenvalue weighted by Gasteiger charge is -2.26. The van der Waals surface area contributed by atoms with Crippen LogP contribution < -0.4 is 5.32 Å². The van der Waals surface area contributed by atoms with Gasteiger partial charge in [-0.2, -0.15) is 0 Å². The van der Waals surface area contributed by atoms with Gasteiger partial charge in [-0.1, -0.05) is 12.1 Å². The van der Waals surface area contributed by atoms with Crippen LogP contribution in [0.5, 0.6) is 0 Å². The number of carbonyl (C=O) groups is 1. The van der Waals surface area contributed by atoms with Crippen LogP contribution in [0.4, 0.5) is 5.69 Å². The standard InChI is InChI=1S/C14H20N4O3/c1-10-4-5-11(8-12(10)18(20)21)14-15-9-13(19)17(14)7-6-16(2)3/h4-5,8,14-15H,6-7,9H2,1-3H3. The summed E-state index contributed by atoms with van der Waals surface area (Å²) < 4.78 is 0. The number of hydrogen-bond donors (Lipinski definition) is 1. The van der Waals surface area contributed by atoms with E-state index < -0.39 is 0 Å². The first-order chi connectivity index (χ1) is 9.90. The maximum absolute atomic E-state index is 12.0. The van der Waals surface area contributed by atoms with E-state index in [1.165, 1.54) is 0 Å². The molecule has 0 bridgehead atoms. The van der Waals surface area contributed by atoms with E-state index in [0.717, 1.165) is 12.1 Å². The third-order valence-corrected chi connectivity index (χ3v) is 3.61. The largest absolute Gasteiger partial charge is 0.321 e. The molecule has 0 aliphatic carbocycles. The highest BCUT2D eigenvalue weighted by Gasteiger charge is 2.32. The summed E-state index contributed by atoms with van der Waals surface area (Å²) in [4.78, 5) is 26.4. The summed E-state index contributed by atoms with van der Waals surface area (Å²) >= 11 is 0. The van der Waals surface area contributed by atoms with Crippen LogP contribution in [0.25, 0.3) is 0 Å². The molecule has 7 heteroatoms. The van der Waals surface area contributed by atoms with Gasteiger partial charge in [0, 0.05) is 24.7 Å². The minimum Gasteiger partial charge on any atom is -0.321 e. The zero-order valence-electron chi connectivity index (χ0n) is 12.5. The molecule has 1 aliphatic rings. The molecule has 1 unspecified atom stereocenters. The van der Waals surface area contributed by atoms with Gasteiger partial charge >= 0.3 is 0 Å². The van der Waals surface area contributed by atoms with E-state index in [1.807, 2.05) is 25.1 Å². The summed E-state index contributed by atoms with van der Waals surface area (Å²) in [5.74, 6) is 0.0186. The molecule has 1 amide bonds. The van der Waals surface area contributed by atoms with Crippen molar-refractivity contribution in [1.29, 1.82) is 0 Å². The lowest BCUT2D eigenvalue weighted by Crippen LogP contribution is -2.36. The van der Waals surface area contributed by atoms with Crippen molar-refractivity contribution in [3.63, 3.8) is 0 Å². The Kier molecular flexibility index (Phi) is 4.54. The van der Waals surface area contributed by atoms with E-state index in [4.69, 9.17) is 0 Å². The monoisotopic (exact) mass is 292 g/mol. The van der Waals surface area contributed by atoms with Crippen molar-refractivity contribution >= 4 is 11.6 Å². The molecule has 0 saturated carbocycles. The summed E-state index contributed by atoms with van der Waals surface area (Å²) in [7, 11) is 3.89. The van der Waals surface area contributed by atoms with Crippen LogP contribution in [0, 0.1) is 17.0 Å². The molecule has 1 fully saturated rings. The highest BCUT2D eigenvalue weighted by atomic mass is 16.6. The van der Waals surface area contributed by atoms with Crippen molar-refractivity contribution in [2.45, 2.75) is 13.1 Å². The van der Waals surface area contributed by atoms with Crippen molar-refractivity contribution in [3.8, 4) is 0 Å². The van der Waals surface area contributed by atoms with Crippen LogP contribution in [0.1, 0.15) is 17.3 Å². The van der Waals surface area contributed by atoms with Gasteiger partial charge in [-0.15, -0.1) is 0 Å². The summed E-state index contributed by atoms with van der Waals surface area (Å²) in [5, 5.41) is 14.2. The number of rotatable bonds is 5. The maximum Gasteiger partial charge on any atom is 0.272 e. The molecular formula is C14H20N4O3. The molecule has 1 aliphatic heterocycles. The second-order valence-electron chi connectivity index (χ2n) is 5.48. The first-order valence-corrected chi connectivity index (χ1v) is 6.82. The Labute approximate surface area is 123 Å². The lowest BCUT2D eigenvalue weighted by molar-refractivity contribution is -0.385. The molecule has 114 valence electrons. The Morgan fingerprint density at radius 1 is 1.48 bits per heavy atom. The first kappa shape index (κ1) is 15.4.